The number of benzene rings is 2. The van der Waals surface area contributed by atoms with Crippen LogP contribution in [-0.2, 0) is 0 Å². The topological polar surface area (TPSA) is 102 Å². The van der Waals surface area contributed by atoms with Crippen molar-refractivity contribution in [1.29, 1.82) is 0 Å². The number of ether oxygens (including phenoxy) is 2. The van der Waals surface area contributed by atoms with Gasteiger partial charge >= 0.3 is 0 Å². The molecule has 0 saturated heterocycles. The Labute approximate surface area is 135 Å². The van der Waals surface area contributed by atoms with E-state index in [0.29, 0.717) is 36.1 Å². The van der Waals surface area contributed by atoms with E-state index in [-0.39, 0.29) is 5.69 Å². The molecule has 120 valence electrons. The molecule has 0 atom stereocenters. The van der Waals surface area contributed by atoms with Crippen molar-refractivity contribution in [3.05, 3.63) is 52.7 Å². The molecule has 0 radical (unpaired) electrons. The molecule has 2 aromatic carbocycles. The molecule has 1 aliphatic rings. The highest BCUT2D eigenvalue weighted by atomic mass is 16.6. The minimum atomic E-state index is -0.453. The molecule has 1 aromatic heterocycles. The zero-order chi connectivity index (χ0) is 16.5. The summed E-state index contributed by atoms with van der Waals surface area (Å²) < 4.78 is 11.1. The van der Waals surface area contributed by atoms with E-state index < -0.39 is 4.92 Å². The van der Waals surface area contributed by atoms with Gasteiger partial charge in [0.1, 0.15) is 18.9 Å². The van der Waals surface area contributed by atoms with Crippen molar-refractivity contribution in [2.45, 2.75) is 0 Å². The number of nitro benzene ring substituents is 1. The average molecular weight is 324 g/mol. The molecule has 0 spiro atoms. The van der Waals surface area contributed by atoms with E-state index in [1.807, 2.05) is 12.1 Å². The SMILES string of the molecule is O=[N+]([O-])c1ccc(N=Nc2c[nH]c3cc4c(cc23)OCCO4)cc1. The lowest BCUT2D eigenvalue weighted by atomic mass is 10.2. The molecule has 1 aliphatic heterocycles. The number of hydrogen-bond donors (Lipinski definition) is 1. The number of aromatic amines is 1. The van der Waals surface area contributed by atoms with E-state index in [2.05, 4.69) is 15.2 Å². The Morgan fingerprint density at radius 2 is 1.75 bits per heavy atom. The van der Waals surface area contributed by atoms with E-state index in [1.165, 1.54) is 12.1 Å². The molecule has 1 N–H and O–H groups in total. The van der Waals surface area contributed by atoms with Gasteiger partial charge in [-0.2, -0.15) is 5.11 Å². The Kier molecular flexibility index (Phi) is 3.34. The summed E-state index contributed by atoms with van der Waals surface area (Å²) in [6.45, 7) is 1.05. The molecular formula is C16H12N4O4. The van der Waals surface area contributed by atoms with E-state index in [1.54, 1.807) is 18.3 Å². The fraction of sp³-hybridized carbons (Fsp3) is 0.125. The Bertz CT molecular complexity index is 947. The van der Waals surface area contributed by atoms with Gasteiger partial charge in [-0.3, -0.25) is 10.1 Å². The molecule has 0 amide bonds. The van der Waals surface area contributed by atoms with Crippen molar-refractivity contribution in [2.24, 2.45) is 10.2 Å². The number of rotatable bonds is 3. The van der Waals surface area contributed by atoms with Crippen LogP contribution in [0.15, 0.2) is 52.8 Å². The molecule has 8 nitrogen and oxygen atoms in total. The van der Waals surface area contributed by atoms with Gasteiger partial charge in [0.2, 0.25) is 0 Å². The van der Waals surface area contributed by atoms with Crippen LogP contribution in [0.3, 0.4) is 0 Å². The van der Waals surface area contributed by atoms with Gasteiger partial charge in [0.25, 0.3) is 5.69 Å². The third-order valence-corrected chi connectivity index (χ3v) is 3.66. The summed E-state index contributed by atoms with van der Waals surface area (Å²) in [7, 11) is 0. The molecule has 0 fully saturated rings. The van der Waals surface area contributed by atoms with E-state index in [4.69, 9.17) is 9.47 Å². The van der Waals surface area contributed by atoms with Crippen molar-refractivity contribution in [3.63, 3.8) is 0 Å². The fourth-order valence-electron chi connectivity index (χ4n) is 2.48. The number of nitro groups is 1. The van der Waals surface area contributed by atoms with Crippen LogP contribution in [0.1, 0.15) is 0 Å². The molecule has 0 aliphatic carbocycles. The molecule has 3 aromatic rings. The summed E-state index contributed by atoms with van der Waals surface area (Å²) in [6.07, 6.45) is 1.74. The first kappa shape index (κ1) is 14.2. The van der Waals surface area contributed by atoms with Gasteiger partial charge in [0.15, 0.2) is 11.5 Å². The largest absolute Gasteiger partial charge is 0.486 e. The number of azo groups is 1. The molecule has 8 heteroatoms. The predicted molar refractivity (Wildman–Crippen MR) is 86.6 cm³/mol. The maximum atomic E-state index is 10.6. The van der Waals surface area contributed by atoms with Crippen LogP contribution < -0.4 is 9.47 Å². The van der Waals surface area contributed by atoms with Crippen molar-refractivity contribution < 1.29 is 14.4 Å². The average Bonchev–Trinajstić information content (AvgIpc) is 3.00. The standard InChI is InChI=1S/C16H12N4O4/c21-20(22)11-3-1-10(2-4-11)18-19-14-9-17-13-8-16-15(7-12(13)14)23-5-6-24-16/h1-4,7-9,17H,5-6H2. The molecule has 24 heavy (non-hydrogen) atoms. The lowest BCUT2D eigenvalue weighted by molar-refractivity contribution is -0.384. The van der Waals surface area contributed by atoms with Crippen LogP contribution in [0.2, 0.25) is 0 Å². The lowest BCUT2D eigenvalue weighted by Gasteiger charge is -2.18. The van der Waals surface area contributed by atoms with Crippen molar-refractivity contribution in [2.75, 3.05) is 13.2 Å². The summed E-state index contributed by atoms with van der Waals surface area (Å²) in [4.78, 5) is 13.3. The van der Waals surface area contributed by atoms with Crippen molar-refractivity contribution >= 4 is 28.0 Å². The minimum Gasteiger partial charge on any atom is -0.486 e. The summed E-state index contributed by atoms with van der Waals surface area (Å²) in [6, 6.07) is 9.63. The number of hydrogen-bond acceptors (Lipinski definition) is 6. The van der Waals surface area contributed by atoms with Crippen molar-refractivity contribution in [3.8, 4) is 11.5 Å². The van der Waals surface area contributed by atoms with Gasteiger partial charge < -0.3 is 14.5 Å². The van der Waals surface area contributed by atoms with Gasteiger partial charge in [-0.25, -0.2) is 0 Å². The van der Waals surface area contributed by atoms with Crippen LogP contribution in [0, 0.1) is 10.1 Å². The Morgan fingerprint density at radius 3 is 2.46 bits per heavy atom. The monoisotopic (exact) mass is 324 g/mol. The molecule has 0 unspecified atom stereocenters. The fourth-order valence-corrected chi connectivity index (χ4v) is 2.48. The van der Waals surface area contributed by atoms with Crippen LogP contribution in [0.25, 0.3) is 10.9 Å². The van der Waals surface area contributed by atoms with Gasteiger partial charge in [0, 0.05) is 29.8 Å². The van der Waals surface area contributed by atoms with Gasteiger partial charge in [-0.05, 0) is 18.2 Å². The molecular weight excluding hydrogens is 312 g/mol. The second-order valence-corrected chi connectivity index (χ2v) is 5.19. The maximum absolute atomic E-state index is 10.6. The first-order chi connectivity index (χ1) is 11.7. The second-order valence-electron chi connectivity index (χ2n) is 5.19. The van der Waals surface area contributed by atoms with E-state index >= 15 is 0 Å². The number of fused-ring (bicyclic) bond motifs is 2. The van der Waals surface area contributed by atoms with Gasteiger partial charge in [0.05, 0.1) is 16.1 Å². The third kappa shape index (κ3) is 2.54. The molecule has 0 saturated carbocycles. The Hall–Kier alpha value is -3.42. The predicted octanol–water partition coefficient (Wildman–Crippen LogP) is 4.26. The Morgan fingerprint density at radius 1 is 1.04 bits per heavy atom. The zero-order valence-electron chi connectivity index (χ0n) is 12.4. The molecule has 4 rings (SSSR count). The van der Waals surface area contributed by atoms with E-state index in [0.717, 1.165) is 10.9 Å². The van der Waals surface area contributed by atoms with Gasteiger partial charge in [-0.1, -0.05) is 0 Å². The zero-order valence-corrected chi connectivity index (χ0v) is 12.4. The summed E-state index contributed by atoms with van der Waals surface area (Å²) in [5, 5.41) is 19.8. The number of non-ortho nitro benzene ring substituents is 1. The number of H-pyrrole nitrogens is 1. The normalized spacial score (nSPS) is 13.5. The minimum absolute atomic E-state index is 0.0184. The molecule has 0 bridgehead atoms. The molecule has 2 heterocycles. The van der Waals surface area contributed by atoms with Crippen LogP contribution >= 0.6 is 0 Å². The quantitative estimate of drug-likeness (QED) is 0.441. The number of nitrogens with one attached hydrogen (secondary N) is 1. The lowest BCUT2D eigenvalue weighted by Crippen LogP contribution is -2.15. The van der Waals surface area contributed by atoms with Crippen LogP contribution in [0.4, 0.5) is 17.1 Å². The first-order valence-electron chi connectivity index (χ1n) is 7.27. The summed E-state index contributed by atoms with van der Waals surface area (Å²) >= 11 is 0. The second kappa shape index (κ2) is 5.65. The summed E-state index contributed by atoms with van der Waals surface area (Å²) in [5.74, 6) is 1.38. The van der Waals surface area contributed by atoms with Crippen LogP contribution in [-0.4, -0.2) is 23.1 Å². The van der Waals surface area contributed by atoms with Crippen LogP contribution in [0.5, 0.6) is 11.5 Å². The highest BCUT2D eigenvalue weighted by Gasteiger charge is 2.15. The number of aromatic nitrogens is 1. The van der Waals surface area contributed by atoms with E-state index in [9.17, 15) is 10.1 Å². The smallest absolute Gasteiger partial charge is 0.269 e. The van der Waals surface area contributed by atoms with Gasteiger partial charge in [-0.15, -0.1) is 5.11 Å². The maximum Gasteiger partial charge on any atom is 0.269 e. The Balaban J connectivity index is 1.65. The highest BCUT2D eigenvalue weighted by Crippen LogP contribution is 2.38. The number of nitrogens with zero attached hydrogens (tertiary/aromatic N) is 3. The third-order valence-electron chi connectivity index (χ3n) is 3.66. The van der Waals surface area contributed by atoms with Crippen molar-refractivity contribution in [1.82, 2.24) is 4.98 Å². The highest BCUT2D eigenvalue weighted by molar-refractivity contribution is 5.93. The first-order valence-corrected chi connectivity index (χ1v) is 7.27. The summed E-state index contributed by atoms with van der Waals surface area (Å²) in [5.41, 5.74) is 2.08.